The minimum atomic E-state index is -3.68. The van der Waals surface area contributed by atoms with Crippen LogP contribution in [0.2, 0.25) is 0 Å². The number of aliphatic hydroxyl groups is 1. The van der Waals surface area contributed by atoms with Gasteiger partial charge in [0.25, 0.3) is 0 Å². The number of aliphatic hydroxyl groups excluding tert-OH is 1. The number of carboxylic acids is 1. The third-order valence-corrected chi connectivity index (χ3v) is 3.98. The van der Waals surface area contributed by atoms with Gasteiger partial charge in [0.15, 0.2) is 0 Å². The molecule has 0 bridgehead atoms. The molecule has 1 aromatic rings. The molecule has 3 N–H and O–H groups in total. The maximum atomic E-state index is 11.9. The maximum absolute atomic E-state index is 11.9. The van der Waals surface area contributed by atoms with E-state index in [-0.39, 0.29) is 23.6 Å². The highest BCUT2D eigenvalue weighted by molar-refractivity contribution is 7.89. The zero-order valence-electron chi connectivity index (χ0n) is 10.4. The van der Waals surface area contributed by atoms with Crippen molar-refractivity contribution in [3.8, 4) is 0 Å². The van der Waals surface area contributed by atoms with Crippen LogP contribution in [0.5, 0.6) is 0 Å². The van der Waals surface area contributed by atoms with Crippen LogP contribution in [0.25, 0.3) is 0 Å². The van der Waals surface area contributed by atoms with Gasteiger partial charge < -0.3 is 10.2 Å². The van der Waals surface area contributed by atoms with Gasteiger partial charge >= 0.3 is 5.97 Å². The van der Waals surface area contributed by atoms with Crippen molar-refractivity contribution < 1.29 is 23.4 Å². The fraction of sp³-hybridized carbons (Fsp3) is 0.417. The first-order valence-electron chi connectivity index (χ1n) is 5.91. The smallest absolute Gasteiger partial charge is 0.335 e. The molecule has 0 saturated heterocycles. The van der Waals surface area contributed by atoms with Crippen LogP contribution in [0.3, 0.4) is 0 Å². The molecule has 1 aromatic carbocycles. The number of benzene rings is 1. The van der Waals surface area contributed by atoms with Gasteiger partial charge in [0.2, 0.25) is 10.0 Å². The van der Waals surface area contributed by atoms with Gasteiger partial charge in [-0.05, 0) is 37.5 Å². The quantitative estimate of drug-likeness (QED) is 0.614. The Morgan fingerprint density at radius 2 is 1.95 bits per heavy atom. The Labute approximate surface area is 112 Å². The number of aromatic carboxylic acids is 1. The molecule has 0 aliphatic rings. The second-order valence-electron chi connectivity index (χ2n) is 4.02. The number of nitrogens with one attached hydrogen (secondary N) is 1. The van der Waals surface area contributed by atoms with Crippen molar-refractivity contribution in [2.75, 3.05) is 13.2 Å². The van der Waals surface area contributed by atoms with Crippen LogP contribution in [0, 0.1) is 0 Å². The van der Waals surface area contributed by atoms with Crippen LogP contribution >= 0.6 is 0 Å². The fourth-order valence-corrected chi connectivity index (χ4v) is 2.62. The standard InChI is InChI=1S/C12H17NO5S/c14-8-3-1-2-7-13-19(17,18)11-6-4-5-10(9-11)12(15)16/h4-6,9,13-14H,1-3,7-8H2,(H,15,16). The molecule has 0 radical (unpaired) electrons. The lowest BCUT2D eigenvalue weighted by Gasteiger charge is -2.07. The van der Waals surface area contributed by atoms with Gasteiger partial charge in [-0.3, -0.25) is 0 Å². The molecule has 0 unspecified atom stereocenters. The van der Waals surface area contributed by atoms with Gasteiger partial charge in [-0.15, -0.1) is 0 Å². The van der Waals surface area contributed by atoms with Crippen LogP contribution in [-0.2, 0) is 10.0 Å². The highest BCUT2D eigenvalue weighted by Crippen LogP contribution is 2.11. The molecule has 0 aromatic heterocycles. The summed E-state index contributed by atoms with van der Waals surface area (Å²) in [6.45, 7) is 0.354. The van der Waals surface area contributed by atoms with Crippen molar-refractivity contribution in [3.63, 3.8) is 0 Å². The van der Waals surface area contributed by atoms with Gasteiger partial charge in [0.1, 0.15) is 0 Å². The number of carbonyl (C=O) groups is 1. The topological polar surface area (TPSA) is 104 Å². The fourth-order valence-electron chi connectivity index (χ4n) is 1.50. The van der Waals surface area contributed by atoms with E-state index < -0.39 is 16.0 Å². The van der Waals surface area contributed by atoms with E-state index in [1.54, 1.807) is 0 Å². The van der Waals surface area contributed by atoms with Gasteiger partial charge in [0, 0.05) is 13.2 Å². The van der Waals surface area contributed by atoms with E-state index in [9.17, 15) is 13.2 Å². The van der Waals surface area contributed by atoms with E-state index in [2.05, 4.69) is 4.72 Å². The molecule has 0 saturated carbocycles. The summed E-state index contributed by atoms with van der Waals surface area (Å²) in [5, 5.41) is 17.4. The highest BCUT2D eigenvalue weighted by Gasteiger charge is 2.15. The van der Waals surface area contributed by atoms with Crippen LogP contribution in [0.15, 0.2) is 29.2 Å². The van der Waals surface area contributed by atoms with Crippen LogP contribution in [-0.4, -0.2) is 37.8 Å². The number of sulfonamides is 1. The van der Waals surface area contributed by atoms with Crippen LogP contribution < -0.4 is 4.72 Å². The monoisotopic (exact) mass is 287 g/mol. The lowest BCUT2D eigenvalue weighted by Crippen LogP contribution is -2.25. The predicted octanol–water partition coefficient (Wildman–Crippen LogP) is 0.826. The Morgan fingerprint density at radius 3 is 2.58 bits per heavy atom. The summed E-state index contributed by atoms with van der Waals surface area (Å²) >= 11 is 0. The first-order valence-corrected chi connectivity index (χ1v) is 7.39. The Kier molecular flexibility index (Phi) is 5.94. The minimum absolute atomic E-state index is 0.0606. The number of rotatable bonds is 8. The molecule has 1 rings (SSSR count). The number of hydrogen-bond donors (Lipinski definition) is 3. The molecule has 0 aliphatic heterocycles. The van der Waals surface area contributed by atoms with Crippen LogP contribution in [0.4, 0.5) is 0 Å². The summed E-state index contributed by atoms with van der Waals surface area (Å²) in [6.07, 6.45) is 1.99. The lowest BCUT2D eigenvalue weighted by molar-refractivity contribution is 0.0696. The molecule has 0 amide bonds. The Bertz CT molecular complexity index is 527. The number of carboxylic acid groups (broad SMARTS) is 1. The average Bonchev–Trinajstić information content (AvgIpc) is 2.38. The number of unbranched alkanes of at least 4 members (excludes halogenated alkanes) is 2. The molecule has 7 heteroatoms. The molecule has 0 aliphatic carbocycles. The SMILES string of the molecule is O=C(O)c1cccc(S(=O)(=O)NCCCCCO)c1. The highest BCUT2D eigenvalue weighted by atomic mass is 32.2. The summed E-state index contributed by atoms with van der Waals surface area (Å²) < 4.78 is 26.2. The van der Waals surface area contributed by atoms with Gasteiger partial charge in [0.05, 0.1) is 10.5 Å². The summed E-state index contributed by atoms with van der Waals surface area (Å²) in [5.41, 5.74) is -0.0665. The second-order valence-corrected chi connectivity index (χ2v) is 5.78. The van der Waals surface area contributed by atoms with Crippen molar-refractivity contribution in [1.29, 1.82) is 0 Å². The first kappa shape index (κ1) is 15.6. The summed E-state index contributed by atoms with van der Waals surface area (Å²) in [4.78, 5) is 10.7. The minimum Gasteiger partial charge on any atom is -0.478 e. The van der Waals surface area contributed by atoms with Gasteiger partial charge in [-0.2, -0.15) is 0 Å². The summed E-state index contributed by atoms with van der Waals surface area (Å²) in [7, 11) is -3.68. The first-order chi connectivity index (χ1) is 8.97. The summed E-state index contributed by atoms with van der Waals surface area (Å²) in [5.74, 6) is -1.17. The third-order valence-electron chi connectivity index (χ3n) is 2.52. The van der Waals surface area contributed by atoms with Gasteiger partial charge in [-0.25, -0.2) is 17.9 Å². The molecular formula is C12H17NO5S. The second kappa shape index (κ2) is 7.22. The largest absolute Gasteiger partial charge is 0.478 e. The normalized spacial score (nSPS) is 11.4. The average molecular weight is 287 g/mol. The van der Waals surface area contributed by atoms with E-state index >= 15 is 0 Å². The molecule has 0 spiro atoms. The Balaban J connectivity index is 2.66. The van der Waals surface area contributed by atoms with E-state index in [1.165, 1.54) is 18.2 Å². The van der Waals surface area contributed by atoms with Crippen LogP contribution in [0.1, 0.15) is 29.6 Å². The van der Waals surface area contributed by atoms with Gasteiger partial charge in [-0.1, -0.05) is 6.07 Å². The Hall–Kier alpha value is -1.44. The molecule has 0 heterocycles. The van der Waals surface area contributed by atoms with E-state index in [0.29, 0.717) is 12.8 Å². The molecule has 106 valence electrons. The van der Waals surface area contributed by atoms with Crippen molar-refractivity contribution in [1.82, 2.24) is 4.72 Å². The van der Waals surface area contributed by atoms with E-state index in [1.807, 2.05) is 0 Å². The van der Waals surface area contributed by atoms with Crippen molar-refractivity contribution in [2.45, 2.75) is 24.2 Å². The van der Waals surface area contributed by atoms with E-state index in [0.717, 1.165) is 12.5 Å². The zero-order chi connectivity index (χ0) is 14.3. The summed E-state index contributed by atoms with van der Waals surface area (Å²) in [6, 6.07) is 5.20. The van der Waals surface area contributed by atoms with E-state index in [4.69, 9.17) is 10.2 Å². The molecule has 19 heavy (non-hydrogen) atoms. The number of hydrogen-bond acceptors (Lipinski definition) is 4. The molecular weight excluding hydrogens is 270 g/mol. The van der Waals surface area contributed by atoms with Crippen molar-refractivity contribution in [2.24, 2.45) is 0 Å². The maximum Gasteiger partial charge on any atom is 0.335 e. The zero-order valence-corrected chi connectivity index (χ0v) is 11.2. The molecule has 6 nitrogen and oxygen atoms in total. The molecule has 0 fully saturated rings. The third kappa shape index (κ3) is 4.98. The predicted molar refractivity (Wildman–Crippen MR) is 69.5 cm³/mol. The molecule has 0 atom stereocenters. The van der Waals surface area contributed by atoms with Crippen molar-refractivity contribution in [3.05, 3.63) is 29.8 Å². The lowest BCUT2D eigenvalue weighted by atomic mass is 10.2. The Morgan fingerprint density at radius 1 is 1.21 bits per heavy atom. The van der Waals surface area contributed by atoms with Crippen molar-refractivity contribution >= 4 is 16.0 Å².